The first kappa shape index (κ1) is 34.5. The van der Waals surface area contributed by atoms with Crippen LogP contribution in [0.3, 0.4) is 0 Å². The molecule has 0 heterocycles. The summed E-state index contributed by atoms with van der Waals surface area (Å²) in [5.74, 6) is 0.539. The number of anilines is 1. The molecule has 9 heteroatoms. The number of nitrogens with one attached hydrogen (secondary N) is 1. The van der Waals surface area contributed by atoms with Crippen LogP contribution >= 0.6 is 11.8 Å². The van der Waals surface area contributed by atoms with Gasteiger partial charge in [-0.2, -0.15) is 13.2 Å². The Hall–Kier alpha value is -2.55. The molecule has 0 fully saturated rings. The van der Waals surface area contributed by atoms with E-state index in [1.54, 1.807) is 24.5 Å². The van der Waals surface area contributed by atoms with Gasteiger partial charge in [-0.1, -0.05) is 72.5 Å². The number of nitrogens with zero attached hydrogens (tertiary/aromatic N) is 1. The number of hydrogen-bond acceptors (Lipinski definition) is 6. The van der Waals surface area contributed by atoms with E-state index in [0.717, 1.165) is 25.3 Å². The fraction of sp³-hybridized carbons (Fsp3) is 0.536. The molecule has 0 bridgehead atoms. The number of alkyl halides is 3. The normalized spacial score (nSPS) is 13.2. The second-order valence-corrected chi connectivity index (χ2v) is 9.24. The summed E-state index contributed by atoms with van der Waals surface area (Å²) in [6, 6.07) is 4.04. The van der Waals surface area contributed by atoms with Crippen molar-refractivity contribution in [3.05, 3.63) is 58.9 Å². The topological polar surface area (TPSA) is 85.7 Å². The maximum Gasteiger partial charge on any atom is 0.420 e. The van der Waals surface area contributed by atoms with Crippen LogP contribution in [0, 0.1) is 5.92 Å². The highest BCUT2D eigenvalue weighted by Crippen LogP contribution is 2.38. The van der Waals surface area contributed by atoms with Gasteiger partial charge in [0.25, 0.3) is 0 Å². The average molecular weight is 543 g/mol. The molecule has 5 N–H and O–H groups in total. The molecule has 0 aliphatic carbocycles. The molecule has 5 nitrogen and oxygen atoms in total. The number of halogens is 3. The fourth-order valence-corrected chi connectivity index (χ4v) is 3.84. The molecule has 0 saturated carbocycles. The van der Waals surface area contributed by atoms with E-state index in [9.17, 15) is 13.2 Å². The van der Waals surface area contributed by atoms with Crippen LogP contribution in [0.5, 0.6) is 5.75 Å². The summed E-state index contributed by atoms with van der Waals surface area (Å²) < 4.78 is 46.5. The number of benzene rings is 1. The Morgan fingerprint density at radius 3 is 2.46 bits per heavy atom. The van der Waals surface area contributed by atoms with E-state index in [-0.39, 0.29) is 24.1 Å². The lowest BCUT2D eigenvalue weighted by Crippen LogP contribution is -2.14. The predicted octanol–water partition coefficient (Wildman–Crippen LogP) is 8.46. The third-order valence-electron chi connectivity index (χ3n) is 5.19. The zero-order valence-electron chi connectivity index (χ0n) is 23.0. The highest BCUT2D eigenvalue weighted by Gasteiger charge is 2.34. The van der Waals surface area contributed by atoms with Gasteiger partial charge in [-0.25, -0.2) is 4.99 Å². The lowest BCUT2D eigenvalue weighted by atomic mass is 10.0. The van der Waals surface area contributed by atoms with Crippen LogP contribution in [0.25, 0.3) is 0 Å². The molecule has 0 aromatic heterocycles. The van der Waals surface area contributed by atoms with Crippen LogP contribution in [0.2, 0.25) is 0 Å². The molecular weight excluding hydrogens is 497 g/mol. The molecule has 1 atom stereocenters. The van der Waals surface area contributed by atoms with Gasteiger partial charge in [0.15, 0.2) is 0 Å². The van der Waals surface area contributed by atoms with Crippen LogP contribution in [0.4, 0.5) is 18.9 Å². The van der Waals surface area contributed by atoms with E-state index >= 15 is 0 Å². The Kier molecular flexibility index (Phi) is 18.2. The molecule has 0 spiro atoms. The Labute approximate surface area is 225 Å². The Balaban J connectivity index is 0.00000631. The van der Waals surface area contributed by atoms with E-state index in [1.165, 1.54) is 43.3 Å². The summed E-state index contributed by atoms with van der Waals surface area (Å²) >= 11 is 1.31. The fourth-order valence-electron chi connectivity index (χ4n) is 3.19. The van der Waals surface area contributed by atoms with Crippen molar-refractivity contribution in [1.29, 1.82) is 0 Å². The summed E-state index contributed by atoms with van der Waals surface area (Å²) in [5.41, 5.74) is 12.1. The summed E-state index contributed by atoms with van der Waals surface area (Å²) in [6.07, 6.45) is 5.54. The number of thioether (sulfide) groups is 1. The Morgan fingerprint density at radius 2 is 1.86 bits per heavy atom. The largest absolute Gasteiger partial charge is 0.493 e. The van der Waals surface area contributed by atoms with Gasteiger partial charge in [-0.15, -0.1) is 11.8 Å². The van der Waals surface area contributed by atoms with E-state index in [4.69, 9.17) is 16.2 Å². The molecular formula is C28H45F3N4OS. The van der Waals surface area contributed by atoms with Crippen molar-refractivity contribution in [1.82, 2.24) is 0 Å². The SMILES string of the molecule is C=C(N)\N=C/C(=C\C)C(/N)=C/SCNc1ccc(OCC(C)CCCCCCC)c(C(F)(F)F)c1.CC. The van der Waals surface area contributed by atoms with E-state index in [2.05, 4.69) is 23.8 Å². The van der Waals surface area contributed by atoms with Gasteiger partial charge in [0.2, 0.25) is 0 Å². The first-order valence-corrected chi connectivity index (χ1v) is 13.9. The molecule has 0 saturated heterocycles. The number of allylic oxidation sites excluding steroid dienone is 2. The van der Waals surface area contributed by atoms with Gasteiger partial charge in [0.1, 0.15) is 11.6 Å². The zero-order valence-corrected chi connectivity index (χ0v) is 23.8. The zero-order chi connectivity index (χ0) is 28.3. The van der Waals surface area contributed by atoms with Crippen LogP contribution in [-0.4, -0.2) is 18.7 Å². The molecule has 0 aliphatic rings. The first-order chi connectivity index (χ1) is 17.6. The lowest BCUT2D eigenvalue weighted by molar-refractivity contribution is -0.139. The maximum absolute atomic E-state index is 13.7. The highest BCUT2D eigenvalue weighted by atomic mass is 32.2. The minimum atomic E-state index is -4.51. The monoisotopic (exact) mass is 542 g/mol. The maximum atomic E-state index is 13.7. The molecule has 210 valence electrons. The summed E-state index contributed by atoms with van der Waals surface area (Å²) in [7, 11) is 0. The highest BCUT2D eigenvalue weighted by molar-refractivity contribution is 8.02. The predicted molar refractivity (Wildman–Crippen MR) is 155 cm³/mol. The van der Waals surface area contributed by atoms with Gasteiger partial charge in [-0.05, 0) is 42.9 Å². The minimum absolute atomic E-state index is 0.142. The second-order valence-electron chi connectivity index (χ2n) is 8.38. The Morgan fingerprint density at radius 1 is 1.19 bits per heavy atom. The van der Waals surface area contributed by atoms with Crippen LogP contribution in [0.1, 0.15) is 78.7 Å². The van der Waals surface area contributed by atoms with Crippen molar-refractivity contribution >= 4 is 23.7 Å². The number of hydrogen-bond donors (Lipinski definition) is 3. The van der Waals surface area contributed by atoms with Gasteiger partial charge in [-0.3, -0.25) is 0 Å². The van der Waals surface area contributed by atoms with Gasteiger partial charge < -0.3 is 21.5 Å². The van der Waals surface area contributed by atoms with Crippen LogP contribution < -0.4 is 21.5 Å². The number of aliphatic imine (C=N–C) groups is 1. The third-order valence-corrected chi connectivity index (χ3v) is 5.92. The van der Waals surface area contributed by atoms with E-state index < -0.39 is 11.7 Å². The second kappa shape index (κ2) is 19.5. The average Bonchev–Trinajstić information content (AvgIpc) is 2.86. The summed E-state index contributed by atoms with van der Waals surface area (Å²) in [4.78, 5) is 3.91. The van der Waals surface area contributed by atoms with Gasteiger partial charge in [0.05, 0.1) is 18.0 Å². The number of rotatable bonds is 16. The minimum Gasteiger partial charge on any atom is -0.493 e. The molecule has 1 aromatic rings. The molecule has 1 rings (SSSR count). The Bertz CT molecular complexity index is 883. The van der Waals surface area contributed by atoms with Gasteiger partial charge in [0, 0.05) is 23.2 Å². The summed E-state index contributed by atoms with van der Waals surface area (Å²) in [5, 5.41) is 4.67. The van der Waals surface area contributed by atoms with Crippen LogP contribution in [0.15, 0.2) is 58.3 Å². The molecule has 37 heavy (non-hydrogen) atoms. The number of nitrogens with two attached hydrogens (primary N) is 2. The van der Waals surface area contributed by atoms with Crippen molar-refractivity contribution in [2.45, 2.75) is 79.3 Å². The van der Waals surface area contributed by atoms with E-state index in [0.29, 0.717) is 22.8 Å². The first-order valence-electron chi connectivity index (χ1n) is 12.9. The van der Waals surface area contributed by atoms with E-state index in [1.807, 2.05) is 20.8 Å². The van der Waals surface area contributed by atoms with Crippen LogP contribution in [-0.2, 0) is 6.18 Å². The number of ether oxygens (including phenoxy) is 1. The van der Waals surface area contributed by atoms with Crippen molar-refractivity contribution in [2.75, 3.05) is 17.8 Å². The molecule has 1 aromatic carbocycles. The molecule has 0 aliphatic heterocycles. The molecule has 1 unspecified atom stereocenters. The third kappa shape index (κ3) is 15.3. The molecule has 0 radical (unpaired) electrons. The summed E-state index contributed by atoms with van der Waals surface area (Å²) in [6.45, 7) is 13.7. The smallest absolute Gasteiger partial charge is 0.420 e. The quantitative estimate of drug-likeness (QED) is 0.0844. The molecule has 0 amide bonds. The van der Waals surface area contributed by atoms with Crippen molar-refractivity contribution < 1.29 is 17.9 Å². The van der Waals surface area contributed by atoms with Crippen molar-refractivity contribution in [3.63, 3.8) is 0 Å². The van der Waals surface area contributed by atoms with Crippen molar-refractivity contribution in [2.24, 2.45) is 22.4 Å². The van der Waals surface area contributed by atoms with Gasteiger partial charge >= 0.3 is 6.18 Å². The standard InChI is InChI=1S/C26H39F3N4OS.C2H6/c1-5-7-8-9-10-11-19(3)16-34-25-13-12-22(14-23(25)26(27,28)29)33-18-35-17-24(31)21(6-2)15-32-20(4)30;1-2/h6,12-15,17,19,33H,4-5,7-11,16,18,30-31H2,1-3H3;1-2H3/b21-6+,24-17-,32-15-;. The lowest BCUT2D eigenvalue weighted by Gasteiger charge is -2.18. The number of unbranched alkanes of at least 4 members (excludes halogenated alkanes) is 4. The van der Waals surface area contributed by atoms with Crippen molar-refractivity contribution in [3.8, 4) is 5.75 Å².